The lowest BCUT2D eigenvalue weighted by Crippen LogP contribution is -2.18. The van der Waals surface area contributed by atoms with E-state index in [1.54, 1.807) is 0 Å². The molecular formula is C10H14ClN. The largest absolute Gasteiger partial charge is 0.328 e. The molecule has 0 radical (unpaired) electrons. The van der Waals surface area contributed by atoms with Crippen LogP contribution in [0.2, 0.25) is 5.02 Å². The highest BCUT2D eigenvalue weighted by molar-refractivity contribution is 6.31. The second kappa shape index (κ2) is 3.92. The predicted molar refractivity (Wildman–Crippen MR) is 53.5 cm³/mol. The van der Waals surface area contributed by atoms with E-state index >= 15 is 0 Å². The summed E-state index contributed by atoms with van der Waals surface area (Å²) in [5.74, 6) is 0. The number of hydrogen-bond acceptors (Lipinski definition) is 1. The molecule has 1 nitrogen and oxygen atoms in total. The molecule has 0 aliphatic rings. The Labute approximate surface area is 78.5 Å². The van der Waals surface area contributed by atoms with Gasteiger partial charge in [0.15, 0.2) is 0 Å². The lowest BCUT2D eigenvalue weighted by atomic mass is 10.0. The van der Waals surface area contributed by atoms with E-state index in [1.807, 2.05) is 19.1 Å². The van der Waals surface area contributed by atoms with E-state index in [0.717, 1.165) is 11.4 Å². The monoisotopic (exact) mass is 183 g/mol. The summed E-state index contributed by atoms with van der Waals surface area (Å²) < 4.78 is 0. The fraction of sp³-hybridized carbons (Fsp3) is 0.400. The van der Waals surface area contributed by atoms with Gasteiger partial charge in [0.2, 0.25) is 0 Å². The third-order valence-corrected chi connectivity index (χ3v) is 2.23. The van der Waals surface area contributed by atoms with Crippen molar-refractivity contribution in [2.45, 2.75) is 26.3 Å². The first kappa shape index (κ1) is 9.56. The number of rotatable bonds is 2. The SMILES string of the molecule is Cc1cccc(Cl)c1CC(C)N. The summed E-state index contributed by atoms with van der Waals surface area (Å²) in [6, 6.07) is 6.10. The third kappa shape index (κ3) is 2.23. The van der Waals surface area contributed by atoms with Crippen LogP contribution in [0, 0.1) is 6.92 Å². The highest BCUT2D eigenvalue weighted by atomic mass is 35.5. The van der Waals surface area contributed by atoms with Crippen molar-refractivity contribution in [2.24, 2.45) is 5.73 Å². The van der Waals surface area contributed by atoms with Crippen molar-refractivity contribution in [2.75, 3.05) is 0 Å². The quantitative estimate of drug-likeness (QED) is 0.750. The molecular weight excluding hydrogens is 170 g/mol. The van der Waals surface area contributed by atoms with Crippen LogP contribution < -0.4 is 5.73 Å². The molecule has 0 heterocycles. The van der Waals surface area contributed by atoms with Crippen molar-refractivity contribution >= 4 is 11.6 Å². The van der Waals surface area contributed by atoms with E-state index in [-0.39, 0.29) is 6.04 Å². The molecule has 0 amide bonds. The van der Waals surface area contributed by atoms with Crippen LogP contribution in [-0.4, -0.2) is 6.04 Å². The first-order valence-corrected chi connectivity index (χ1v) is 4.48. The molecule has 12 heavy (non-hydrogen) atoms. The van der Waals surface area contributed by atoms with E-state index in [4.69, 9.17) is 17.3 Å². The van der Waals surface area contributed by atoms with Crippen LogP contribution in [0.3, 0.4) is 0 Å². The van der Waals surface area contributed by atoms with Crippen molar-refractivity contribution in [3.05, 3.63) is 34.3 Å². The van der Waals surface area contributed by atoms with E-state index < -0.39 is 0 Å². The zero-order chi connectivity index (χ0) is 9.14. The molecule has 1 rings (SSSR count). The van der Waals surface area contributed by atoms with E-state index in [2.05, 4.69) is 13.0 Å². The van der Waals surface area contributed by atoms with Gasteiger partial charge in [-0.2, -0.15) is 0 Å². The molecule has 0 aliphatic heterocycles. The van der Waals surface area contributed by atoms with Crippen molar-refractivity contribution < 1.29 is 0 Å². The van der Waals surface area contributed by atoms with Gasteiger partial charge in [-0.1, -0.05) is 23.7 Å². The average Bonchev–Trinajstić information content (AvgIpc) is 1.97. The van der Waals surface area contributed by atoms with Crippen molar-refractivity contribution in [3.8, 4) is 0 Å². The number of nitrogens with two attached hydrogens (primary N) is 1. The minimum absolute atomic E-state index is 0.170. The van der Waals surface area contributed by atoms with Gasteiger partial charge in [0.05, 0.1) is 0 Å². The van der Waals surface area contributed by atoms with Crippen LogP contribution in [-0.2, 0) is 6.42 Å². The normalized spacial score (nSPS) is 13.0. The topological polar surface area (TPSA) is 26.0 Å². The molecule has 0 spiro atoms. The Bertz CT molecular complexity index is 248. The summed E-state index contributed by atoms with van der Waals surface area (Å²) in [6.45, 7) is 4.05. The molecule has 1 aromatic rings. The van der Waals surface area contributed by atoms with Gasteiger partial charge in [-0.3, -0.25) is 0 Å². The van der Waals surface area contributed by atoms with E-state index in [1.165, 1.54) is 11.1 Å². The summed E-state index contributed by atoms with van der Waals surface area (Å²) in [5, 5.41) is 0.826. The number of halogens is 1. The lowest BCUT2D eigenvalue weighted by molar-refractivity contribution is 0.735. The Kier molecular flexibility index (Phi) is 3.12. The molecule has 2 heteroatoms. The Morgan fingerprint density at radius 2 is 2.17 bits per heavy atom. The zero-order valence-corrected chi connectivity index (χ0v) is 8.23. The minimum Gasteiger partial charge on any atom is -0.328 e. The maximum absolute atomic E-state index is 6.02. The van der Waals surface area contributed by atoms with Crippen molar-refractivity contribution in [3.63, 3.8) is 0 Å². The molecule has 2 N–H and O–H groups in total. The van der Waals surface area contributed by atoms with Gasteiger partial charge in [0.25, 0.3) is 0 Å². The summed E-state index contributed by atoms with van der Waals surface area (Å²) in [7, 11) is 0. The summed E-state index contributed by atoms with van der Waals surface area (Å²) >= 11 is 6.02. The number of hydrogen-bond donors (Lipinski definition) is 1. The Hall–Kier alpha value is -0.530. The molecule has 0 saturated heterocycles. The molecule has 0 fully saturated rings. The van der Waals surface area contributed by atoms with Gasteiger partial charge in [-0.15, -0.1) is 0 Å². The summed E-state index contributed by atoms with van der Waals surface area (Å²) in [5.41, 5.74) is 8.10. The standard InChI is InChI=1S/C10H14ClN/c1-7-4-3-5-10(11)9(7)6-8(2)12/h3-5,8H,6,12H2,1-2H3. The fourth-order valence-electron chi connectivity index (χ4n) is 1.25. The molecule has 1 atom stereocenters. The number of benzene rings is 1. The third-order valence-electron chi connectivity index (χ3n) is 1.88. The average molecular weight is 184 g/mol. The van der Waals surface area contributed by atoms with Crippen LogP contribution in [0.5, 0.6) is 0 Å². The molecule has 0 aliphatic carbocycles. The lowest BCUT2D eigenvalue weighted by Gasteiger charge is -2.10. The molecule has 0 aromatic heterocycles. The van der Waals surface area contributed by atoms with Gasteiger partial charge in [0.1, 0.15) is 0 Å². The van der Waals surface area contributed by atoms with Crippen LogP contribution in [0.4, 0.5) is 0 Å². The van der Waals surface area contributed by atoms with Crippen LogP contribution in [0.1, 0.15) is 18.1 Å². The number of aryl methyl sites for hydroxylation is 1. The first-order chi connectivity index (χ1) is 5.61. The summed E-state index contributed by atoms with van der Waals surface area (Å²) in [6.07, 6.45) is 0.853. The molecule has 0 saturated carbocycles. The molecule has 0 bridgehead atoms. The van der Waals surface area contributed by atoms with Crippen molar-refractivity contribution in [1.82, 2.24) is 0 Å². The van der Waals surface area contributed by atoms with Crippen LogP contribution in [0.15, 0.2) is 18.2 Å². The molecule has 1 aromatic carbocycles. The second-order valence-electron chi connectivity index (χ2n) is 3.22. The van der Waals surface area contributed by atoms with Crippen LogP contribution in [0.25, 0.3) is 0 Å². The first-order valence-electron chi connectivity index (χ1n) is 4.11. The second-order valence-corrected chi connectivity index (χ2v) is 3.62. The van der Waals surface area contributed by atoms with Crippen molar-refractivity contribution in [1.29, 1.82) is 0 Å². The highest BCUT2D eigenvalue weighted by Crippen LogP contribution is 2.20. The van der Waals surface area contributed by atoms with Crippen LogP contribution >= 0.6 is 11.6 Å². The maximum Gasteiger partial charge on any atom is 0.0441 e. The summed E-state index contributed by atoms with van der Waals surface area (Å²) in [4.78, 5) is 0. The van der Waals surface area contributed by atoms with E-state index in [9.17, 15) is 0 Å². The van der Waals surface area contributed by atoms with Gasteiger partial charge in [0, 0.05) is 11.1 Å². The molecule has 1 unspecified atom stereocenters. The maximum atomic E-state index is 6.02. The van der Waals surface area contributed by atoms with Gasteiger partial charge < -0.3 is 5.73 Å². The Balaban J connectivity index is 2.96. The molecule has 66 valence electrons. The van der Waals surface area contributed by atoms with E-state index in [0.29, 0.717) is 0 Å². The smallest absolute Gasteiger partial charge is 0.0441 e. The zero-order valence-electron chi connectivity index (χ0n) is 7.47. The van der Waals surface area contributed by atoms with Gasteiger partial charge >= 0.3 is 0 Å². The predicted octanol–water partition coefficient (Wildman–Crippen LogP) is 2.54. The Morgan fingerprint density at radius 1 is 1.50 bits per heavy atom. The van der Waals surface area contributed by atoms with Gasteiger partial charge in [-0.05, 0) is 37.5 Å². The van der Waals surface area contributed by atoms with Gasteiger partial charge in [-0.25, -0.2) is 0 Å². The fourth-order valence-corrected chi connectivity index (χ4v) is 1.55. The minimum atomic E-state index is 0.170. The highest BCUT2D eigenvalue weighted by Gasteiger charge is 2.05. The Morgan fingerprint density at radius 3 is 2.67 bits per heavy atom.